The van der Waals surface area contributed by atoms with Crippen LogP contribution in [0, 0.1) is 0 Å². The van der Waals surface area contributed by atoms with Crippen LogP contribution in [0.5, 0.6) is 11.5 Å². The number of phenolic OH excluding ortho intramolecular Hbond substituents is 1. The fourth-order valence-electron chi connectivity index (χ4n) is 1.70. The summed E-state index contributed by atoms with van der Waals surface area (Å²) in [6, 6.07) is 5.17. The number of hydrogen-bond acceptors (Lipinski definition) is 3. The Morgan fingerprint density at radius 2 is 2.40 bits per heavy atom. The van der Waals surface area contributed by atoms with E-state index >= 15 is 0 Å². The first-order valence-corrected chi connectivity index (χ1v) is 5.48. The van der Waals surface area contributed by atoms with E-state index in [2.05, 4.69) is 5.32 Å². The van der Waals surface area contributed by atoms with E-state index in [1.54, 1.807) is 12.1 Å². The molecule has 0 saturated carbocycles. The number of benzene rings is 1. The minimum atomic E-state index is 0.159. The summed E-state index contributed by atoms with van der Waals surface area (Å²) in [6.45, 7) is 1.70. The molecule has 1 atom stereocenters. The molecular weight excluding hydrogens is 214 g/mol. The molecule has 2 rings (SSSR count). The largest absolute Gasteiger partial charge is 0.508 e. The lowest BCUT2D eigenvalue weighted by molar-refractivity contribution is 0.277. The Hall–Kier alpha value is -0.930. The van der Waals surface area contributed by atoms with Crippen molar-refractivity contribution < 1.29 is 9.84 Å². The highest BCUT2D eigenvalue weighted by Crippen LogP contribution is 2.28. The van der Waals surface area contributed by atoms with E-state index in [4.69, 9.17) is 21.4 Å². The molecule has 0 spiro atoms. The lowest BCUT2D eigenvalue weighted by Crippen LogP contribution is -2.28. The number of ether oxygens (including phenoxy) is 1. The molecule has 82 valence electrons. The molecule has 1 aliphatic rings. The van der Waals surface area contributed by atoms with Crippen LogP contribution in [0.25, 0.3) is 0 Å². The Bertz CT molecular complexity index is 337. The van der Waals surface area contributed by atoms with E-state index in [0.717, 1.165) is 13.0 Å². The predicted octanol–water partition coefficient (Wildman–Crippen LogP) is 2.18. The summed E-state index contributed by atoms with van der Waals surface area (Å²) in [5.41, 5.74) is 0. The number of phenols is 1. The summed E-state index contributed by atoms with van der Waals surface area (Å²) in [5, 5.41) is 13.0. The second-order valence-electron chi connectivity index (χ2n) is 3.72. The first kappa shape index (κ1) is 10.6. The van der Waals surface area contributed by atoms with E-state index in [0.29, 0.717) is 23.4 Å². The van der Waals surface area contributed by atoms with E-state index in [1.807, 2.05) is 0 Å². The summed E-state index contributed by atoms with van der Waals surface area (Å²) in [7, 11) is 0. The Morgan fingerprint density at radius 1 is 1.53 bits per heavy atom. The molecule has 1 aromatic carbocycles. The topological polar surface area (TPSA) is 41.5 Å². The van der Waals surface area contributed by atoms with Crippen molar-refractivity contribution in [2.45, 2.75) is 18.9 Å². The van der Waals surface area contributed by atoms with Gasteiger partial charge in [-0.3, -0.25) is 0 Å². The summed E-state index contributed by atoms with van der Waals surface area (Å²) in [4.78, 5) is 0. The van der Waals surface area contributed by atoms with Gasteiger partial charge in [-0.05, 0) is 31.5 Å². The Labute approximate surface area is 94.0 Å². The molecule has 1 aromatic rings. The van der Waals surface area contributed by atoms with Crippen molar-refractivity contribution in [1.29, 1.82) is 0 Å². The Balaban J connectivity index is 1.92. The van der Waals surface area contributed by atoms with Gasteiger partial charge in [-0.15, -0.1) is 0 Å². The average Bonchev–Trinajstić information content (AvgIpc) is 2.69. The molecule has 1 aliphatic heterocycles. The maximum Gasteiger partial charge on any atom is 0.138 e. The molecule has 15 heavy (non-hydrogen) atoms. The molecule has 0 amide bonds. The van der Waals surface area contributed by atoms with Crippen molar-refractivity contribution in [3.63, 3.8) is 0 Å². The summed E-state index contributed by atoms with van der Waals surface area (Å²) < 4.78 is 5.57. The molecule has 0 bridgehead atoms. The quantitative estimate of drug-likeness (QED) is 0.832. The van der Waals surface area contributed by atoms with Gasteiger partial charge in [0.25, 0.3) is 0 Å². The fraction of sp³-hybridized carbons (Fsp3) is 0.455. The van der Waals surface area contributed by atoms with Gasteiger partial charge in [0.2, 0.25) is 0 Å². The smallest absolute Gasteiger partial charge is 0.138 e. The fourth-order valence-corrected chi connectivity index (χ4v) is 1.93. The van der Waals surface area contributed by atoms with Crippen molar-refractivity contribution in [2.75, 3.05) is 13.2 Å². The SMILES string of the molecule is Oc1ccc(OCC2CCCN2)c(Cl)c1. The van der Waals surface area contributed by atoms with Gasteiger partial charge < -0.3 is 15.2 Å². The number of halogens is 1. The van der Waals surface area contributed by atoms with Crippen LogP contribution in [0.4, 0.5) is 0 Å². The number of hydrogen-bond donors (Lipinski definition) is 2. The predicted molar refractivity (Wildman–Crippen MR) is 59.6 cm³/mol. The van der Waals surface area contributed by atoms with E-state index in [-0.39, 0.29) is 5.75 Å². The number of aromatic hydroxyl groups is 1. The van der Waals surface area contributed by atoms with Crippen molar-refractivity contribution >= 4 is 11.6 Å². The number of rotatable bonds is 3. The molecule has 1 heterocycles. The zero-order chi connectivity index (χ0) is 10.7. The highest BCUT2D eigenvalue weighted by Gasteiger charge is 2.15. The van der Waals surface area contributed by atoms with Crippen LogP contribution in [0.15, 0.2) is 18.2 Å². The van der Waals surface area contributed by atoms with Crippen LogP contribution in [0.1, 0.15) is 12.8 Å². The van der Waals surface area contributed by atoms with Crippen LogP contribution in [0.3, 0.4) is 0 Å². The average molecular weight is 228 g/mol. The lowest BCUT2D eigenvalue weighted by atomic mass is 10.2. The van der Waals surface area contributed by atoms with Gasteiger partial charge in [-0.2, -0.15) is 0 Å². The van der Waals surface area contributed by atoms with Crippen LogP contribution in [0.2, 0.25) is 5.02 Å². The van der Waals surface area contributed by atoms with Gasteiger partial charge in [0, 0.05) is 12.1 Å². The molecule has 0 aliphatic carbocycles. The Morgan fingerprint density at radius 3 is 3.07 bits per heavy atom. The van der Waals surface area contributed by atoms with Crippen molar-refractivity contribution in [1.82, 2.24) is 5.32 Å². The monoisotopic (exact) mass is 227 g/mol. The van der Waals surface area contributed by atoms with Gasteiger partial charge >= 0.3 is 0 Å². The van der Waals surface area contributed by atoms with Crippen LogP contribution >= 0.6 is 11.6 Å². The summed E-state index contributed by atoms with van der Waals surface area (Å²) >= 11 is 5.91. The first-order valence-electron chi connectivity index (χ1n) is 5.10. The second-order valence-corrected chi connectivity index (χ2v) is 4.13. The molecule has 3 nitrogen and oxygen atoms in total. The minimum absolute atomic E-state index is 0.159. The molecule has 1 fully saturated rings. The highest BCUT2D eigenvalue weighted by atomic mass is 35.5. The number of nitrogens with one attached hydrogen (secondary N) is 1. The van der Waals surface area contributed by atoms with Crippen molar-refractivity contribution in [3.05, 3.63) is 23.2 Å². The summed E-state index contributed by atoms with van der Waals surface area (Å²) in [5.74, 6) is 0.787. The lowest BCUT2D eigenvalue weighted by Gasteiger charge is -2.13. The second kappa shape index (κ2) is 4.73. The minimum Gasteiger partial charge on any atom is -0.508 e. The maximum absolute atomic E-state index is 9.16. The Kier molecular flexibility index (Phi) is 3.34. The van der Waals surface area contributed by atoms with E-state index in [9.17, 15) is 0 Å². The summed E-state index contributed by atoms with van der Waals surface area (Å²) in [6.07, 6.45) is 2.35. The third-order valence-electron chi connectivity index (χ3n) is 2.52. The van der Waals surface area contributed by atoms with Crippen LogP contribution in [-0.4, -0.2) is 24.3 Å². The normalized spacial score (nSPS) is 20.5. The highest BCUT2D eigenvalue weighted by molar-refractivity contribution is 6.32. The third-order valence-corrected chi connectivity index (χ3v) is 2.81. The van der Waals surface area contributed by atoms with Crippen molar-refractivity contribution in [3.8, 4) is 11.5 Å². The van der Waals surface area contributed by atoms with E-state index in [1.165, 1.54) is 12.5 Å². The molecule has 0 aromatic heterocycles. The molecular formula is C11H14ClNO2. The third kappa shape index (κ3) is 2.76. The van der Waals surface area contributed by atoms with Gasteiger partial charge in [-0.25, -0.2) is 0 Å². The van der Waals surface area contributed by atoms with Crippen molar-refractivity contribution in [2.24, 2.45) is 0 Å². The zero-order valence-electron chi connectivity index (χ0n) is 8.37. The molecule has 1 saturated heterocycles. The van der Waals surface area contributed by atoms with Gasteiger partial charge in [0.1, 0.15) is 18.1 Å². The molecule has 4 heteroatoms. The molecule has 1 unspecified atom stereocenters. The van der Waals surface area contributed by atoms with Gasteiger partial charge in [0.05, 0.1) is 5.02 Å². The van der Waals surface area contributed by atoms with Gasteiger partial charge in [0.15, 0.2) is 0 Å². The maximum atomic E-state index is 9.16. The first-order chi connectivity index (χ1) is 7.25. The van der Waals surface area contributed by atoms with Crippen LogP contribution < -0.4 is 10.1 Å². The molecule has 2 N–H and O–H groups in total. The van der Waals surface area contributed by atoms with Gasteiger partial charge in [-0.1, -0.05) is 11.6 Å². The van der Waals surface area contributed by atoms with E-state index < -0.39 is 0 Å². The standard InChI is InChI=1S/C11H14ClNO2/c12-10-6-9(14)3-4-11(10)15-7-8-2-1-5-13-8/h3-4,6,8,13-14H,1-2,5,7H2. The van der Waals surface area contributed by atoms with Crippen LogP contribution in [-0.2, 0) is 0 Å². The zero-order valence-corrected chi connectivity index (χ0v) is 9.13. The molecule has 0 radical (unpaired) electrons.